The molecule has 0 spiro atoms. The van der Waals surface area contributed by atoms with Crippen LogP contribution in [0.1, 0.15) is 46.7 Å². The van der Waals surface area contributed by atoms with Crippen LogP contribution in [0, 0.1) is 0 Å². The molecular weight excluding hydrogens is 306 g/mol. The van der Waals surface area contributed by atoms with E-state index < -0.39 is 0 Å². The molecule has 1 amide bonds. The van der Waals surface area contributed by atoms with Crippen LogP contribution in [0.3, 0.4) is 0 Å². The first-order valence-electron chi connectivity index (χ1n) is 8.16. The molecule has 2 fully saturated rings. The van der Waals surface area contributed by atoms with Gasteiger partial charge in [0.15, 0.2) is 0 Å². The fourth-order valence-electron chi connectivity index (χ4n) is 2.84. The molecule has 1 unspecified atom stereocenters. The summed E-state index contributed by atoms with van der Waals surface area (Å²) in [5, 5.41) is 0. The molecule has 3 heterocycles. The Balaban J connectivity index is 1.47. The van der Waals surface area contributed by atoms with E-state index in [4.69, 9.17) is 10.5 Å². The number of rotatable bonds is 3. The van der Waals surface area contributed by atoms with E-state index in [1.165, 1.54) is 0 Å². The Morgan fingerprint density at radius 2 is 2.04 bits per heavy atom. The number of amides is 1. The molecule has 0 radical (unpaired) electrons. The van der Waals surface area contributed by atoms with Crippen LogP contribution in [0.2, 0.25) is 0 Å². The van der Waals surface area contributed by atoms with Crippen molar-refractivity contribution in [2.75, 3.05) is 25.4 Å². The van der Waals surface area contributed by atoms with Crippen molar-refractivity contribution in [3.63, 3.8) is 0 Å². The molecule has 2 aliphatic rings. The van der Waals surface area contributed by atoms with E-state index in [1.807, 2.05) is 12.1 Å². The van der Waals surface area contributed by atoms with Crippen molar-refractivity contribution in [3.8, 4) is 0 Å². The van der Waals surface area contributed by atoms with Gasteiger partial charge in [0.25, 0.3) is 5.91 Å². The third kappa shape index (κ3) is 3.07. The summed E-state index contributed by atoms with van der Waals surface area (Å²) in [5.41, 5.74) is 6.99. The van der Waals surface area contributed by atoms with Gasteiger partial charge in [0.2, 0.25) is 0 Å². The summed E-state index contributed by atoms with van der Waals surface area (Å²) in [4.78, 5) is 27.4. The Morgan fingerprint density at radius 3 is 2.75 bits per heavy atom. The number of morpholine rings is 1. The summed E-state index contributed by atoms with van der Waals surface area (Å²) in [6.07, 6.45) is 5.29. The topological polar surface area (TPSA) is 94.2 Å². The fraction of sp³-hybridized carbons (Fsp3) is 0.412. The summed E-state index contributed by atoms with van der Waals surface area (Å²) >= 11 is 0. The number of nitrogens with two attached hydrogens (primary N) is 1. The minimum atomic E-state index is -0.266. The largest absolute Gasteiger partial charge is 0.384 e. The standard InChI is InChI=1S/C17H19N5O2/c18-15-3-1-2-13(21-15)14-10-22(6-7-24-14)17(23)12-8-19-16(20-9-12)11-4-5-11/h1-3,8-9,11,14H,4-7,10H2,(H2,18,21). The van der Waals surface area contributed by atoms with Gasteiger partial charge in [-0.15, -0.1) is 0 Å². The van der Waals surface area contributed by atoms with Crippen molar-refractivity contribution in [1.82, 2.24) is 19.9 Å². The summed E-state index contributed by atoms with van der Waals surface area (Å²) in [7, 11) is 0. The van der Waals surface area contributed by atoms with Crippen molar-refractivity contribution >= 4 is 11.7 Å². The summed E-state index contributed by atoms with van der Waals surface area (Å²) in [6, 6.07) is 5.43. The lowest BCUT2D eigenvalue weighted by Crippen LogP contribution is -2.42. The molecule has 7 heteroatoms. The van der Waals surface area contributed by atoms with Crippen LogP contribution in [0.4, 0.5) is 5.82 Å². The van der Waals surface area contributed by atoms with E-state index in [0.29, 0.717) is 37.0 Å². The average Bonchev–Trinajstić information content (AvgIpc) is 3.47. The minimum absolute atomic E-state index is 0.0745. The zero-order valence-corrected chi connectivity index (χ0v) is 13.3. The quantitative estimate of drug-likeness (QED) is 0.920. The monoisotopic (exact) mass is 325 g/mol. The number of ether oxygens (including phenoxy) is 1. The molecule has 0 bridgehead atoms. The Hall–Kier alpha value is -2.54. The van der Waals surface area contributed by atoms with Crippen LogP contribution in [-0.2, 0) is 4.74 Å². The van der Waals surface area contributed by atoms with Gasteiger partial charge >= 0.3 is 0 Å². The molecule has 1 aliphatic carbocycles. The van der Waals surface area contributed by atoms with Gasteiger partial charge in [0.1, 0.15) is 17.7 Å². The molecule has 124 valence electrons. The molecule has 1 aliphatic heterocycles. The number of pyridine rings is 1. The lowest BCUT2D eigenvalue weighted by molar-refractivity contribution is -0.0246. The molecule has 2 N–H and O–H groups in total. The van der Waals surface area contributed by atoms with E-state index >= 15 is 0 Å². The SMILES string of the molecule is Nc1cccc(C2CN(C(=O)c3cnc(C4CC4)nc3)CCO2)n1. The van der Waals surface area contributed by atoms with Crippen molar-refractivity contribution in [2.24, 2.45) is 0 Å². The Kier molecular flexibility index (Phi) is 3.86. The highest BCUT2D eigenvalue weighted by molar-refractivity contribution is 5.93. The number of nitrogens with zero attached hydrogens (tertiary/aromatic N) is 4. The fourth-order valence-corrected chi connectivity index (χ4v) is 2.84. The predicted octanol–water partition coefficient (Wildman–Crippen LogP) is 1.54. The van der Waals surface area contributed by atoms with Crippen LogP contribution >= 0.6 is 0 Å². The number of carbonyl (C=O) groups excluding carboxylic acids is 1. The second-order valence-electron chi connectivity index (χ2n) is 6.20. The van der Waals surface area contributed by atoms with E-state index in [1.54, 1.807) is 23.4 Å². The van der Waals surface area contributed by atoms with E-state index in [0.717, 1.165) is 24.4 Å². The molecule has 4 rings (SSSR count). The number of nitrogen functional groups attached to an aromatic ring is 1. The molecule has 1 saturated heterocycles. The normalized spacial score (nSPS) is 20.8. The highest BCUT2D eigenvalue weighted by Gasteiger charge is 2.29. The smallest absolute Gasteiger partial charge is 0.257 e. The predicted molar refractivity (Wildman–Crippen MR) is 87.3 cm³/mol. The van der Waals surface area contributed by atoms with Gasteiger partial charge in [-0.3, -0.25) is 4.79 Å². The van der Waals surface area contributed by atoms with Gasteiger partial charge in [-0.1, -0.05) is 6.07 Å². The first kappa shape index (κ1) is 15.0. The molecule has 24 heavy (non-hydrogen) atoms. The molecule has 1 saturated carbocycles. The molecular formula is C17H19N5O2. The van der Waals surface area contributed by atoms with Gasteiger partial charge in [0.05, 0.1) is 24.4 Å². The zero-order valence-electron chi connectivity index (χ0n) is 13.3. The first-order valence-corrected chi connectivity index (χ1v) is 8.16. The van der Waals surface area contributed by atoms with Crippen molar-refractivity contribution in [2.45, 2.75) is 24.9 Å². The van der Waals surface area contributed by atoms with Crippen LogP contribution in [0.15, 0.2) is 30.6 Å². The summed E-state index contributed by atoms with van der Waals surface area (Å²) < 4.78 is 5.75. The molecule has 1 atom stereocenters. The second-order valence-corrected chi connectivity index (χ2v) is 6.20. The minimum Gasteiger partial charge on any atom is -0.384 e. The van der Waals surface area contributed by atoms with Gasteiger partial charge < -0.3 is 15.4 Å². The van der Waals surface area contributed by atoms with E-state index in [-0.39, 0.29) is 12.0 Å². The van der Waals surface area contributed by atoms with E-state index in [9.17, 15) is 4.79 Å². The lowest BCUT2D eigenvalue weighted by Gasteiger charge is -2.32. The van der Waals surface area contributed by atoms with Gasteiger partial charge in [-0.05, 0) is 25.0 Å². The number of aromatic nitrogens is 3. The second kappa shape index (κ2) is 6.16. The number of hydrogen-bond donors (Lipinski definition) is 1. The van der Waals surface area contributed by atoms with Crippen molar-refractivity contribution in [3.05, 3.63) is 47.7 Å². The summed E-state index contributed by atoms with van der Waals surface area (Å²) in [6.45, 7) is 1.45. The maximum atomic E-state index is 12.7. The molecule has 7 nitrogen and oxygen atoms in total. The Labute approximate surface area is 139 Å². The third-order valence-electron chi connectivity index (χ3n) is 4.34. The van der Waals surface area contributed by atoms with Crippen LogP contribution in [-0.4, -0.2) is 45.5 Å². The van der Waals surface area contributed by atoms with Crippen molar-refractivity contribution < 1.29 is 9.53 Å². The highest BCUT2D eigenvalue weighted by atomic mass is 16.5. The van der Waals surface area contributed by atoms with Gasteiger partial charge in [-0.25, -0.2) is 15.0 Å². The molecule has 2 aromatic heterocycles. The Morgan fingerprint density at radius 1 is 1.25 bits per heavy atom. The van der Waals surface area contributed by atoms with Crippen LogP contribution in [0.5, 0.6) is 0 Å². The third-order valence-corrected chi connectivity index (χ3v) is 4.34. The molecule has 0 aromatic carbocycles. The average molecular weight is 325 g/mol. The highest BCUT2D eigenvalue weighted by Crippen LogP contribution is 2.37. The van der Waals surface area contributed by atoms with Gasteiger partial charge in [0, 0.05) is 24.9 Å². The molecule has 2 aromatic rings. The summed E-state index contributed by atoms with van der Waals surface area (Å²) in [5.74, 6) is 1.70. The van der Waals surface area contributed by atoms with E-state index in [2.05, 4.69) is 15.0 Å². The van der Waals surface area contributed by atoms with Gasteiger partial charge in [-0.2, -0.15) is 0 Å². The number of anilines is 1. The lowest BCUT2D eigenvalue weighted by atomic mass is 10.1. The van der Waals surface area contributed by atoms with Crippen molar-refractivity contribution in [1.29, 1.82) is 0 Å². The maximum absolute atomic E-state index is 12.7. The van der Waals surface area contributed by atoms with Crippen LogP contribution < -0.4 is 5.73 Å². The zero-order chi connectivity index (χ0) is 16.5. The Bertz CT molecular complexity index is 745. The maximum Gasteiger partial charge on any atom is 0.257 e. The number of carbonyl (C=O) groups is 1. The first-order chi connectivity index (χ1) is 11.7. The van der Waals surface area contributed by atoms with Crippen LogP contribution in [0.25, 0.3) is 0 Å². The number of hydrogen-bond acceptors (Lipinski definition) is 6.